The minimum Gasteiger partial charge on any atom is -0.457 e. The molecule has 1 saturated heterocycles. The smallest absolute Gasteiger partial charge is 0.356 e. The summed E-state index contributed by atoms with van der Waals surface area (Å²) in [5.41, 5.74) is 0.445. The van der Waals surface area contributed by atoms with Crippen LogP contribution in [0.1, 0.15) is 58.6 Å². The first-order chi connectivity index (χ1) is 27.7. The third-order valence-electron chi connectivity index (χ3n) is 11.8. The summed E-state index contributed by atoms with van der Waals surface area (Å²) in [7, 11) is -1.89. The third kappa shape index (κ3) is 8.18. The zero-order valence-electron chi connectivity index (χ0n) is 33.8. The fourth-order valence-electron chi connectivity index (χ4n) is 8.46. The molecule has 0 spiro atoms. The Hall–Kier alpha value is -4.93. The molecular formula is C46H53N2O8PSi. The molecule has 0 bridgehead atoms. The monoisotopic (exact) mass is 820 g/mol. The van der Waals surface area contributed by atoms with Gasteiger partial charge >= 0.3 is 5.97 Å². The molecule has 2 aliphatic rings. The van der Waals surface area contributed by atoms with Crippen molar-refractivity contribution in [2.45, 2.75) is 76.8 Å². The van der Waals surface area contributed by atoms with E-state index in [0.717, 1.165) is 15.9 Å². The molecule has 3 unspecified atom stereocenters. The van der Waals surface area contributed by atoms with Crippen LogP contribution in [-0.4, -0.2) is 65.8 Å². The van der Waals surface area contributed by atoms with Crippen molar-refractivity contribution in [1.82, 2.24) is 4.90 Å². The highest BCUT2D eigenvalue weighted by Gasteiger charge is 2.60. The van der Waals surface area contributed by atoms with Gasteiger partial charge in [0.2, 0.25) is 5.91 Å². The summed E-state index contributed by atoms with van der Waals surface area (Å²) >= 11 is 0. The van der Waals surface area contributed by atoms with Gasteiger partial charge in [0.25, 0.3) is 5.69 Å². The number of hydrogen-bond donors (Lipinski definition) is 1. The maximum atomic E-state index is 15.3. The summed E-state index contributed by atoms with van der Waals surface area (Å²) in [6.07, 6.45) is 1.08. The van der Waals surface area contributed by atoms with Gasteiger partial charge in [0.05, 0.1) is 29.1 Å². The Morgan fingerprint density at radius 1 is 0.931 bits per heavy atom. The van der Waals surface area contributed by atoms with Gasteiger partial charge in [0.15, 0.2) is 9.04 Å². The lowest BCUT2D eigenvalue weighted by molar-refractivity contribution is -0.384. The molecule has 1 aliphatic heterocycles. The van der Waals surface area contributed by atoms with E-state index in [0.29, 0.717) is 24.8 Å². The number of aliphatic hydroxyl groups is 1. The van der Waals surface area contributed by atoms with Crippen LogP contribution >= 0.6 is 6.89 Å². The molecule has 1 amide bonds. The second-order valence-corrected chi connectivity index (χ2v) is 22.9. The van der Waals surface area contributed by atoms with E-state index in [-0.39, 0.29) is 34.4 Å². The quantitative estimate of drug-likeness (QED) is 0.0278. The highest BCUT2D eigenvalue weighted by molar-refractivity contribution is 7.96. The fraction of sp³-hybridized carbons (Fsp3) is 0.348. The average Bonchev–Trinajstić information content (AvgIpc) is 3.22. The van der Waals surface area contributed by atoms with E-state index < -0.39 is 62.8 Å². The van der Waals surface area contributed by atoms with Crippen molar-refractivity contribution in [2.75, 3.05) is 6.61 Å². The van der Waals surface area contributed by atoms with Crippen molar-refractivity contribution in [2.24, 2.45) is 17.8 Å². The molecule has 0 radical (unpaired) electrons. The number of carbonyl (C=O) groups is 3. The number of Topliss-reactive ketones (excluding diaryl/α,β-unsaturated/α-hetero) is 1. The minimum absolute atomic E-state index is 0.100. The normalized spacial score (nSPS) is 21.3. The van der Waals surface area contributed by atoms with Gasteiger partial charge < -0.3 is 19.2 Å². The number of β-lactam (4-membered cyclic amide) rings is 1. The van der Waals surface area contributed by atoms with Crippen LogP contribution in [0.2, 0.25) is 11.6 Å². The molecule has 0 aromatic heterocycles. The largest absolute Gasteiger partial charge is 0.457 e. The average molecular weight is 821 g/mol. The predicted octanol–water partition coefficient (Wildman–Crippen LogP) is 6.85. The number of nitro groups is 1. The van der Waals surface area contributed by atoms with Crippen LogP contribution in [0.15, 0.2) is 128 Å². The summed E-state index contributed by atoms with van der Waals surface area (Å²) in [6.45, 7) is 10.8. The van der Waals surface area contributed by atoms with Crippen LogP contribution < -0.4 is 15.9 Å². The second-order valence-electron chi connectivity index (χ2n) is 16.3. The van der Waals surface area contributed by atoms with Crippen LogP contribution in [0, 0.1) is 27.9 Å². The number of ether oxygens (including phenoxy) is 1. The van der Waals surface area contributed by atoms with Gasteiger partial charge in [-0.1, -0.05) is 131 Å². The van der Waals surface area contributed by atoms with E-state index in [2.05, 4.69) is 33.9 Å². The minimum atomic E-state index is -3.27. The van der Waals surface area contributed by atoms with E-state index in [4.69, 9.17) is 9.16 Å². The number of rotatable bonds is 14. The second kappa shape index (κ2) is 17.9. The molecule has 4 aromatic rings. The molecule has 58 heavy (non-hydrogen) atoms. The highest BCUT2D eigenvalue weighted by Crippen LogP contribution is 2.52. The third-order valence-corrected chi connectivity index (χ3v) is 19.4. The molecule has 1 heterocycles. The van der Waals surface area contributed by atoms with Gasteiger partial charge in [-0.15, -0.1) is 0 Å². The van der Waals surface area contributed by atoms with Gasteiger partial charge in [-0.05, 0) is 65.0 Å². The Morgan fingerprint density at radius 2 is 1.45 bits per heavy atom. The number of carbonyl (C=O) groups excluding carboxylic acids is 3. The maximum absolute atomic E-state index is 15.3. The number of likely N-dealkylation sites (tertiary alicyclic amines) is 1. The van der Waals surface area contributed by atoms with E-state index in [1.807, 2.05) is 97.9 Å². The number of amides is 1. The van der Waals surface area contributed by atoms with Crippen LogP contribution in [0.5, 0.6) is 0 Å². The summed E-state index contributed by atoms with van der Waals surface area (Å²) in [5.74, 6) is -3.61. The number of nitro benzene ring substituents is 1. The zero-order valence-corrected chi connectivity index (χ0v) is 35.8. The van der Waals surface area contributed by atoms with E-state index in [1.54, 1.807) is 4.90 Å². The van der Waals surface area contributed by atoms with Crippen molar-refractivity contribution in [3.05, 3.63) is 144 Å². The highest BCUT2D eigenvalue weighted by atomic mass is 31.2. The van der Waals surface area contributed by atoms with E-state index in [1.165, 1.54) is 30.3 Å². The fourth-order valence-corrected chi connectivity index (χ4v) is 14.1. The molecule has 6 rings (SSSR count). The van der Waals surface area contributed by atoms with Gasteiger partial charge in [-0.3, -0.25) is 19.7 Å². The number of benzene rings is 4. The van der Waals surface area contributed by atoms with Crippen molar-refractivity contribution in [3.8, 4) is 0 Å². The number of ketones is 1. The molecule has 10 nitrogen and oxygen atoms in total. The Bertz CT molecular complexity index is 2070. The van der Waals surface area contributed by atoms with E-state index >= 15 is 14.4 Å². The number of non-ortho nitro benzene ring substituents is 1. The first kappa shape index (κ1) is 42.7. The molecule has 1 aliphatic carbocycles. The maximum Gasteiger partial charge on any atom is 0.356 e. The standard InChI is InChI=1S/C46H53N2O8PSi/c1-7-30-55-45(52)44(57(34-18-11-8-12-19-34,35-20-13-9-14-21-35)36-22-15-10-16-23-36)47-40(39(43(47)51)31(2)56-58(6)46(3,4)5)37-24-17-25-38(42(37)50)41(49)32-26-28-33(29-27-32)48(53)54/h7-16,18-23,26-29,31,37-41,49,58H,1,17,24-25,30H2,2-6H3/t31-,37-,38?,39-,40-,41?,58?/m1/s1. The molecular weight excluding hydrogens is 768 g/mol. The van der Waals surface area contributed by atoms with Crippen molar-refractivity contribution in [3.63, 3.8) is 0 Å². The lowest BCUT2D eigenvalue weighted by atomic mass is 9.66. The first-order valence-electron chi connectivity index (χ1n) is 19.9. The predicted molar refractivity (Wildman–Crippen MR) is 233 cm³/mol. The molecule has 7 atom stereocenters. The van der Waals surface area contributed by atoms with Crippen LogP contribution in [0.4, 0.5) is 5.69 Å². The Balaban J connectivity index is 1.61. The lowest BCUT2D eigenvalue weighted by Crippen LogP contribution is -2.72. The summed E-state index contributed by atoms with van der Waals surface area (Å²) in [5, 5.41) is 25.5. The molecule has 12 heteroatoms. The number of hydrogen-bond acceptors (Lipinski definition) is 8. The van der Waals surface area contributed by atoms with Crippen LogP contribution in [0.3, 0.4) is 0 Å². The van der Waals surface area contributed by atoms with Gasteiger partial charge in [0, 0.05) is 30.9 Å². The Labute approximate surface area is 342 Å². The zero-order chi connectivity index (χ0) is 41.8. The number of aliphatic hydroxyl groups excluding tert-OH is 1. The van der Waals surface area contributed by atoms with Gasteiger partial charge in [0.1, 0.15) is 17.8 Å². The first-order valence-corrected chi connectivity index (χ1v) is 23.9. The summed E-state index contributed by atoms with van der Waals surface area (Å²) in [4.78, 5) is 57.8. The van der Waals surface area contributed by atoms with Crippen molar-refractivity contribution >= 4 is 60.6 Å². The molecule has 304 valence electrons. The van der Waals surface area contributed by atoms with Crippen molar-refractivity contribution < 1.29 is 33.6 Å². The molecule has 2 fully saturated rings. The Morgan fingerprint density at radius 3 is 1.91 bits per heavy atom. The van der Waals surface area contributed by atoms with Crippen LogP contribution in [-0.2, 0) is 23.5 Å². The molecule has 4 aromatic carbocycles. The van der Waals surface area contributed by atoms with E-state index in [9.17, 15) is 15.2 Å². The SMILES string of the molecule is C=CCOC(=O)C(N1C(=O)[C@H]([C@@H](C)O[SiH](C)C(C)(C)C)[C@H]1[C@H]1CCCC(C(O)c2ccc([N+](=O)[O-])cc2)C1=O)=P(c1ccccc1)(c1ccccc1)c1ccccc1. The van der Waals surface area contributed by atoms with Crippen LogP contribution in [0.25, 0.3) is 0 Å². The summed E-state index contributed by atoms with van der Waals surface area (Å²) < 4.78 is 12.7. The van der Waals surface area contributed by atoms with Gasteiger partial charge in [-0.25, -0.2) is 4.79 Å². The topological polar surface area (TPSA) is 136 Å². The number of nitrogens with zero attached hydrogens (tertiary/aromatic N) is 2. The lowest BCUT2D eigenvalue weighted by Gasteiger charge is -2.55. The van der Waals surface area contributed by atoms with Gasteiger partial charge in [-0.2, -0.15) is 0 Å². The summed E-state index contributed by atoms with van der Waals surface area (Å²) in [6, 6.07) is 34.0. The molecule has 1 N–H and O–H groups in total. The Kier molecular flexibility index (Phi) is 13.2. The molecule has 1 saturated carbocycles. The number of esters is 1. The van der Waals surface area contributed by atoms with Crippen molar-refractivity contribution in [1.29, 1.82) is 0 Å².